The van der Waals surface area contributed by atoms with Crippen LogP contribution in [0.2, 0.25) is 10.0 Å². The predicted octanol–water partition coefficient (Wildman–Crippen LogP) is 4.50. The highest BCUT2D eigenvalue weighted by Gasteiger charge is 2.46. The van der Waals surface area contributed by atoms with E-state index in [4.69, 9.17) is 23.2 Å². The Hall–Kier alpha value is -1.44. The Morgan fingerprint density at radius 2 is 1.81 bits per heavy atom. The minimum Gasteiger partial charge on any atom is -0.371 e. The lowest BCUT2D eigenvalue weighted by Gasteiger charge is -2.34. The van der Waals surface area contributed by atoms with Crippen LogP contribution in [0.25, 0.3) is 0 Å². The first-order valence-corrected chi connectivity index (χ1v) is 10.2. The van der Waals surface area contributed by atoms with Crippen LogP contribution in [0, 0.1) is 23.3 Å². The molecule has 0 amide bonds. The number of hydrogen-bond donors (Lipinski definition) is 0. The van der Waals surface area contributed by atoms with Crippen molar-refractivity contribution < 1.29 is 4.79 Å². The number of piperidine rings is 1. The number of fused-ring (bicyclic) bond motifs is 2. The number of carbonyl (C=O) groups is 1. The van der Waals surface area contributed by atoms with Crippen LogP contribution in [0.1, 0.15) is 38.5 Å². The molecule has 138 valence electrons. The van der Waals surface area contributed by atoms with E-state index in [9.17, 15) is 10.1 Å². The quantitative estimate of drug-likeness (QED) is 0.708. The summed E-state index contributed by atoms with van der Waals surface area (Å²) in [4.78, 5) is 17.0. The lowest BCUT2D eigenvalue weighted by atomic mass is 9.81. The van der Waals surface area contributed by atoms with Crippen LogP contribution >= 0.6 is 23.2 Å². The van der Waals surface area contributed by atoms with Crippen molar-refractivity contribution in [1.29, 1.82) is 5.26 Å². The van der Waals surface area contributed by atoms with Crippen molar-refractivity contribution in [3.05, 3.63) is 28.2 Å². The summed E-state index contributed by atoms with van der Waals surface area (Å²) in [5.74, 6) is 0.922. The van der Waals surface area contributed by atoms with Crippen LogP contribution in [-0.4, -0.2) is 35.9 Å². The van der Waals surface area contributed by atoms with Gasteiger partial charge in [0, 0.05) is 53.2 Å². The molecule has 2 bridgehead atoms. The molecule has 1 aromatic carbocycles. The Bertz CT molecular complexity index is 719. The summed E-state index contributed by atoms with van der Waals surface area (Å²) in [6.45, 7) is 1.71. The Morgan fingerprint density at radius 3 is 2.42 bits per heavy atom. The zero-order valence-electron chi connectivity index (χ0n) is 14.7. The number of nitrogens with zero attached hydrogens (tertiary/aromatic N) is 3. The van der Waals surface area contributed by atoms with Crippen LogP contribution in [-0.2, 0) is 4.79 Å². The topological polar surface area (TPSA) is 47.3 Å². The molecule has 0 aromatic heterocycles. The maximum atomic E-state index is 12.8. The summed E-state index contributed by atoms with van der Waals surface area (Å²) in [5.41, 5.74) is 1.03. The van der Waals surface area contributed by atoms with Gasteiger partial charge in [0.15, 0.2) is 6.19 Å². The van der Waals surface area contributed by atoms with E-state index in [1.165, 1.54) is 0 Å². The number of halogens is 2. The first kappa shape index (κ1) is 17.9. The second kappa shape index (κ2) is 7.29. The molecule has 26 heavy (non-hydrogen) atoms. The van der Waals surface area contributed by atoms with Crippen LogP contribution in [0.5, 0.6) is 0 Å². The van der Waals surface area contributed by atoms with Gasteiger partial charge in [0.2, 0.25) is 0 Å². The van der Waals surface area contributed by atoms with Crippen molar-refractivity contribution in [3.63, 3.8) is 0 Å². The van der Waals surface area contributed by atoms with Crippen molar-refractivity contribution >= 4 is 34.7 Å². The van der Waals surface area contributed by atoms with Gasteiger partial charge in [-0.05, 0) is 56.2 Å². The molecule has 0 N–H and O–H groups in total. The number of benzene rings is 1. The van der Waals surface area contributed by atoms with Gasteiger partial charge in [-0.1, -0.05) is 23.2 Å². The number of hydrogen-bond acceptors (Lipinski definition) is 4. The molecule has 4 rings (SSSR count). The van der Waals surface area contributed by atoms with Gasteiger partial charge in [-0.25, -0.2) is 0 Å². The molecule has 3 aliphatic rings. The third kappa shape index (κ3) is 3.40. The summed E-state index contributed by atoms with van der Waals surface area (Å²) < 4.78 is 0. The molecule has 0 radical (unpaired) electrons. The molecule has 3 aliphatic heterocycles. The van der Waals surface area contributed by atoms with Gasteiger partial charge in [-0.2, -0.15) is 5.26 Å². The van der Waals surface area contributed by atoms with E-state index in [1.54, 1.807) is 6.07 Å². The van der Waals surface area contributed by atoms with Crippen LogP contribution in [0.4, 0.5) is 5.69 Å². The Morgan fingerprint density at radius 1 is 1.12 bits per heavy atom. The number of nitriles is 1. The molecule has 0 unspecified atom stereocenters. The molecule has 3 heterocycles. The Labute approximate surface area is 164 Å². The van der Waals surface area contributed by atoms with Crippen molar-refractivity contribution in [3.8, 4) is 6.19 Å². The monoisotopic (exact) mass is 391 g/mol. The summed E-state index contributed by atoms with van der Waals surface area (Å²) >= 11 is 12.2. The third-order valence-corrected chi connectivity index (χ3v) is 6.84. The van der Waals surface area contributed by atoms with Crippen molar-refractivity contribution in [2.45, 2.75) is 50.6 Å². The van der Waals surface area contributed by atoms with Crippen molar-refractivity contribution in [1.82, 2.24) is 4.90 Å². The average molecular weight is 392 g/mol. The largest absolute Gasteiger partial charge is 0.371 e. The molecule has 0 saturated carbocycles. The molecule has 3 fully saturated rings. The first-order valence-electron chi connectivity index (χ1n) is 9.47. The smallest absolute Gasteiger partial charge is 0.179 e. The lowest BCUT2D eigenvalue weighted by Crippen LogP contribution is -2.37. The third-order valence-electron chi connectivity index (χ3n) is 6.41. The first-order chi connectivity index (χ1) is 12.5. The normalized spacial score (nSPS) is 28.4. The van der Waals surface area contributed by atoms with Gasteiger partial charge in [-0.15, -0.1) is 0 Å². The molecule has 0 aliphatic carbocycles. The molecular formula is C20H23Cl2N3O. The van der Waals surface area contributed by atoms with E-state index in [2.05, 4.69) is 11.1 Å². The van der Waals surface area contributed by atoms with Gasteiger partial charge in [0.25, 0.3) is 0 Å². The molecule has 3 saturated heterocycles. The van der Waals surface area contributed by atoms with Crippen LogP contribution in [0.15, 0.2) is 18.2 Å². The number of rotatable bonds is 4. The van der Waals surface area contributed by atoms with Crippen molar-refractivity contribution in [2.75, 3.05) is 18.0 Å². The van der Waals surface area contributed by atoms with E-state index in [0.29, 0.717) is 40.3 Å². The summed E-state index contributed by atoms with van der Waals surface area (Å²) in [6, 6.07) is 6.30. The van der Waals surface area contributed by atoms with Gasteiger partial charge in [-0.3, -0.25) is 4.79 Å². The minimum absolute atomic E-state index is 0.149. The van der Waals surface area contributed by atoms with Gasteiger partial charge in [0.1, 0.15) is 5.78 Å². The summed E-state index contributed by atoms with van der Waals surface area (Å²) in [5, 5.41) is 10.6. The highest BCUT2D eigenvalue weighted by molar-refractivity contribution is 6.35. The van der Waals surface area contributed by atoms with Gasteiger partial charge in [0.05, 0.1) is 0 Å². The maximum Gasteiger partial charge on any atom is 0.179 e. The van der Waals surface area contributed by atoms with Crippen LogP contribution < -0.4 is 4.90 Å². The average Bonchev–Trinajstić information content (AvgIpc) is 3.17. The minimum atomic E-state index is 0.149. The van der Waals surface area contributed by atoms with Gasteiger partial charge >= 0.3 is 0 Å². The highest BCUT2D eigenvalue weighted by Crippen LogP contribution is 2.43. The highest BCUT2D eigenvalue weighted by atomic mass is 35.5. The second-order valence-corrected chi connectivity index (χ2v) is 8.73. The molecule has 4 nitrogen and oxygen atoms in total. The van der Waals surface area contributed by atoms with E-state index >= 15 is 0 Å². The molecule has 6 heteroatoms. The summed E-state index contributed by atoms with van der Waals surface area (Å²) in [6.07, 6.45) is 7.95. The van der Waals surface area contributed by atoms with Gasteiger partial charge < -0.3 is 9.80 Å². The number of anilines is 1. The Kier molecular flexibility index (Phi) is 5.03. The Balaban J connectivity index is 1.32. The van der Waals surface area contributed by atoms with Crippen LogP contribution in [0.3, 0.4) is 0 Å². The lowest BCUT2D eigenvalue weighted by molar-refractivity contribution is -0.124. The predicted molar refractivity (Wildman–Crippen MR) is 103 cm³/mol. The summed E-state index contributed by atoms with van der Waals surface area (Å²) in [7, 11) is 0. The maximum absolute atomic E-state index is 12.8. The van der Waals surface area contributed by atoms with E-state index in [1.807, 2.05) is 17.0 Å². The fraction of sp³-hybridized carbons (Fsp3) is 0.600. The molecule has 3 atom stereocenters. The number of Topliss-reactive ketones (excluding diaryl/α,β-unsaturated/α-hetero) is 1. The molecule has 1 aromatic rings. The molecule has 0 spiro atoms. The second-order valence-electron chi connectivity index (χ2n) is 7.86. The van der Waals surface area contributed by atoms with E-state index in [-0.39, 0.29) is 5.92 Å². The number of ketones is 1. The molecular weight excluding hydrogens is 369 g/mol. The standard InChI is InChI=1S/C20H23Cl2N3O/c21-15-9-16(22)11-18(10-15)24-5-3-13(4-6-24)20(26)8-14-7-17-1-2-19(14)25(17)12-23/h9-11,13-14,17,19H,1-8H2/t14-,17-,19+/m0/s1. The fourth-order valence-corrected chi connectivity index (χ4v) is 5.61. The van der Waals surface area contributed by atoms with E-state index < -0.39 is 0 Å². The fourth-order valence-electron chi connectivity index (χ4n) is 5.09. The zero-order chi connectivity index (χ0) is 18.3. The number of carbonyl (C=O) groups excluding carboxylic acids is 1. The zero-order valence-corrected chi connectivity index (χ0v) is 16.2. The SMILES string of the molecule is N#CN1[C@H]2CC[C@@H]1[C@H](CC(=O)C1CCN(c3cc(Cl)cc(Cl)c3)CC1)C2. The van der Waals surface area contributed by atoms with E-state index in [0.717, 1.165) is 50.9 Å². The van der Waals surface area contributed by atoms with Crippen molar-refractivity contribution in [2.24, 2.45) is 11.8 Å².